The zero-order valence-corrected chi connectivity index (χ0v) is 15.8. The molecular weight excluding hydrogens is 364 g/mol. The molecule has 1 aliphatic rings. The van der Waals surface area contributed by atoms with Gasteiger partial charge in [0.05, 0.1) is 24.0 Å². The number of hydrogen-bond acceptors (Lipinski definition) is 4. The Labute approximate surface area is 162 Å². The number of likely N-dealkylation sites (tertiary alicyclic amines) is 1. The van der Waals surface area contributed by atoms with Crippen molar-refractivity contribution in [3.8, 4) is 5.69 Å². The second-order valence-corrected chi connectivity index (χ2v) is 7.16. The highest BCUT2D eigenvalue weighted by Crippen LogP contribution is 2.32. The van der Waals surface area contributed by atoms with Crippen LogP contribution >= 0.6 is 11.6 Å². The Kier molecular flexibility index (Phi) is 4.96. The number of halogens is 1. The van der Waals surface area contributed by atoms with E-state index >= 15 is 0 Å². The van der Waals surface area contributed by atoms with Crippen molar-refractivity contribution in [3.05, 3.63) is 59.9 Å². The molecule has 0 radical (unpaired) electrons. The number of carbonyl (C=O) groups is 1. The van der Waals surface area contributed by atoms with E-state index in [1.54, 1.807) is 23.1 Å². The van der Waals surface area contributed by atoms with E-state index < -0.39 is 0 Å². The van der Waals surface area contributed by atoms with Crippen LogP contribution in [0.4, 0.5) is 5.69 Å². The molecule has 1 fully saturated rings. The summed E-state index contributed by atoms with van der Waals surface area (Å²) in [5, 5.41) is 7.68. The number of amides is 1. The lowest BCUT2D eigenvalue weighted by atomic mass is 10.1. The summed E-state index contributed by atoms with van der Waals surface area (Å²) in [6.45, 7) is 1.24. The Balaban J connectivity index is 1.50. The van der Waals surface area contributed by atoms with Crippen LogP contribution in [-0.2, 0) is 11.8 Å². The number of benzene rings is 1. The fraction of sp³-hybridized carbons (Fsp3) is 0.316. The summed E-state index contributed by atoms with van der Waals surface area (Å²) in [6.07, 6.45) is 7.24. The van der Waals surface area contributed by atoms with E-state index in [1.165, 1.54) is 12.0 Å². The van der Waals surface area contributed by atoms with Gasteiger partial charge in [-0.25, -0.2) is 9.67 Å². The average molecular weight is 385 g/mol. The second-order valence-electron chi connectivity index (χ2n) is 6.72. The monoisotopic (exact) mass is 384 g/mol. The number of anilines is 1. The SMILES string of the molecule is Cn1cccc1[C@@H]1CCCN1CC(=O)Nc1cc(Cl)ccc1-n1cncn1. The fourth-order valence-corrected chi connectivity index (χ4v) is 3.86. The Bertz CT molecular complexity index is 936. The molecule has 1 N–H and O–H groups in total. The number of hydrogen-bond donors (Lipinski definition) is 1. The first kappa shape index (κ1) is 17.8. The van der Waals surface area contributed by atoms with Gasteiger partial charge < -0.3 is 9.88 Å². The molecule has 3 heterocycles. The zero-order chi connectivity index (χ0) is 18.8. The first-order valence-electron chi connectivity index (χ1n) is 8.91. The van der Waals surface area contributed by atoms with Gasteiger partial charge in [0.1, 0.15) is 12.7 Å². The van der Waals surface area contributed by atoms with Crippen molar-refractivity contribution in [3.63, 3.8) is 0 Å². The van der Waals surface area contributed by atoms with Crippen molar-refractivity contribution in [2.75, 3.05) is 18.4 Å². The molecule has 1 aliphatic heterocycles. The summed E-state index contributed by atoms with van der Waals surface area (Å²) in [7, 11) is 2.04. The number of aromatic nitrogens is 4. The van der Waals surface area contributed by atoms with Gasteiger partial charge in [-0.05, 0) is 49.7 Å². The van der Waals surface area contributed by atoms with Gasteiger partial charge in [-0.3, -0.25) is 9.69 Å². The van der Waals surface area contributed by atoms with E-state index in [4.69, 9.17) is 11.6 Å². The van der Waals surface area contributed by atoms with E-state index in [-0.39, 0.29) is 11.9 Å². The summed E-state index contributed by atoms with van der Waals surface area (Å²) < 4.78 is 3.73. The zero-order valence-electron chi connectivity index (χ0n) is 15.0. The normalized spacial score (nSPS) is 17.3. The van der Waals surface area contributed by atoms with Crippen molar-refractivity contribution in [1.29, 1.82) is 0 Å². The number of aryl methyl sites for hydroxylation is 1. The van der Waals surface area contributed by atoms with Crippen LogP contribution in [0.1, 0.15) is 24.6 Å². The van der Waals surface area contributed by atoms with Gasteiger partial charge in [-0.1, -0.05) is 11.6 Å². The largest absolute Gasteiger partial charge is 0.353 e. The molecular formula is C19H21ClN6O. The van der Waals surface area contributed by atoms with Crippen LogP contribution in [0.2, 0.25) is 5.02 Å². The van der Waals surface area contributed by atoms with Crippen LogP contribution in [0, 0.1) is 0 Å². The van der Waals surface area contributed by atoms with Crippen LogP contribution in [0.25, 0.3) is 5.69 Å². The molecule has 0 saturated carbocycles. The van der Waals surface area contributed by atoms with E-state index in [9.17, 15) is 4.79 Å². The lowest BCUT2D eigenvalue weighted by Gasteiger charge is -2.24. The van der Waals surface area contributed by atoms with Crippen molar-refractivity contribution in [1.82, 2.24) is 24.2 Å². The molecule has 1 aromatic carbocycles. The van der Waals surface area contributed by atoms with Crippen LogP contribution < -0.4 is 5.32 Å². The lowest BCUT2D eigenvalue weighted by Crippen LogP contribution is -2.33. The standard InChI is InChI=1S/C19H21ClN6O/c1-24-8-2-4-17(24)18-5-3-9-25(18)11-19(27)23-15-10-14(20)6-7-16(15)26-13-21-12-22-26/h2,4,6-8,10,12-13,18H,3,5,9,11H2,1H3,(H,23,27)/t18-/m0/s1. The van der Waals surface area contributed by atoms with Crippen LogP contribution in [0.3, 0.4) is 0 Å². The third-order valence-electron chi connectivity index (χ3n) is 4.93. The van der Waals surface area contributed by atoms with Gasteiger partial charge in [0.25, 0.3) is 0 Å². The molecule has 0 aliphatic carbocycles. The third-order valence-corrected chi connectivity index (χ3v) is 5.17. The molecule has 0 bridgehead atoms. The maximum atomic E-state index is 12.8. The number of nitrogens with one attached hydrogen (secondary N) is 1. The van der Waals surface area contributed by atoms with E-state index in [0.29, 0.717) is 17.3 Å². The highest BCUT2D eigenvalue weighted by Gasteiger charge is 2.29. The molecule has 27 heavy (non-hydrogen) atoms. The predicted octanol–water partition coefficient (Wildman–Crippen LogP) is 3.03. The third kappa shape index (κ3) is 3.74. The number of rotatable bonds is 5. The highest BCUT2D eigenvalue weighted by atomic mass is 35.5. The minimum atomic E-state index is -0.0697. The molecule has 7 nitrogen and oxygen atoms in total. The van der Waals surface area contributed by atoms with Gasteiger partial charge in [0.2, 0.25) is 5.91 Å². The Morgan fingerprint density at radius 1 is 1.37 bits per heavy atom. The fourth-order valence-electron chi connectivity index (χ4n) is 3.69. The van der Waals surface area contributed by atoms with E-state index in [1.807, 2.05) is 25.4 Å². The summed E-state index contributed by atoms with van der Waals surface area (Å²) in [4.78, 5) is 18.9. The Morgan fingerprint density at radius 2 is 2.26 bits per heavy atom. The average Bonchev–Trinajstić information content (AvgIpc) is 3.37. The summed E-state index contributed by atoms with van der Waals surface area (Å²) in [6, 6.07) is 9.75. The maximum absolute atomic E-state index is 12.8. The van der Waals surface area contributed by atoms with Crippen molar-refractivity contribution in [2.45, 2.75) is 18.9 Å². The van der Waals surface area contributed by atoms with Crippen molar-refractivity contribution < 1.29 is 4.79 Å². The number of nitrogens with zero attached hydrogens (tertiary/aromatic N) is 5. The topological polar surface area (TPSA) is 68.0 Å². The van der Waals surface area contributed by atoms with Crippen molar-refractivity contribution >= 4 is 23.2 Å². The van der Waals surface area contributed by atoms with Crippen LogP contribution in [0.15, 0.2) is 49.2 Å². The molecule has 8 heteroatoms. The summed E-state index contributed by atoms with van der Waals surface area (Å²) >= 11 is 6.13. The minimum absolute atomic E-state index is 0.0697. The Hall–Kier alpha value is -2.64. The summed E-state index contributed by atoms with van der Waals surface area (Å²) in [5.74, 6) is -0.0697. The predicted molar refractivity (Wildman–Crippen MR) is 104 cm³/mol. The maximum Gasteiger partial charge on any atom is 0.238 e. The molecule has 4 rings (SSSR count). The summed E-state index contributed by atoms with van der Waals surface area (Å²) in [5.41, 5.74) is 2.59. The molecule has 3 aromatic rings. The molecule has 2 aromatic heterocycles. The number of carbonyl (C=O) groups excluding carboxylic acids is 1. The van der Waals surface area contributed by atoms with Crippen molar-refractivity contribution in [2.24, 2.45) is 7.05 Å². The van der Waals surface area contributed by atoms with Crippen LogP contribution in [-0.4, -0.2) is 43.2 Å². The van der Waals surface area contributed by atoms with E-state index in [0.717, 1.165) is 25.1 Å². The quantitative estimate of drug-likeness (QED) is 0.734. The van der Waals surface area contributed by atoms with Gasteiger partial charge >= 0.3 is 0 Å². The molecule has 0 unspecified atom stereocenters. The van der Waals surface area contributed by atoms with Gasteiger partial charge in [-0.2, -0.15) is 5.10 Å². The van der Waals surface area contributed by atoms with Gasteiger partial charge in [-0.15, -0.1) is 0 Å². The molecule has 1 saturated heterocycles. The smallest absolute Gasteiger partial charge is 0.238 e. The first-order chi connectivity index (χ1) is 13.1. The highest BCUT2D eigenvalue weighted by molar-refractivity contribution is 6.31. The Morgan fingerprint density at radius 3 is 3.00 bits per heavy atom. The molecule has 0 spiro atoms. The molecule has 1 amide bonds. The minimum Gasteiger partial charge on any atom is -0.353 e. The van der Waals surface area contributed by atoms with Crippen LogP contribution in [0.5, 0.6) is 0 Å². The molecule has 1 atom stereocenters. The van der Waals surface area contributed by atoms with Gasteiger partial charge in [0.15, 0.2) is 0 Å². The first-order valence-corrected chi connectivity index (χ1v) is 9.29. The lowest BCUT2D eigenvalue weighted by molar-refractivity contribution is -0.117. The second kappa shape index (κ2) is 7.54. The van der Waals surface area contributed by atoms with Gasteiger partial charge in [0, 0.05) is 24.0 Å². The molecule has 140 valence electrons. The van der Waals surface area contributed by atoms with E-state index in [2.05, 4.69) is 30.9 Å².